The number of carbonyl (C=O) groups excluding carboxylic acids is 3. The first-order chi connectivity index (χ1) is 14.1. The number of likely N-dealkylation sites (tertiary alicyclic amines) is 1. The van der Waals surface area contributed by atoms with Crippen LogP contribution >= 0.6 is 11.8 Å². The van der Waals surface area contributed by atoms with Crippen molar-refractivity contribution in [3.05, 3.63) is 25.3 Å². The number of hydrogen-bond acceptors (Lipinski definition) is 6. The molecule has 7 nitrogen and oxygen atoms in total. The first-order valence-electron chi connectivity index (χ1n) is 10.4. The molecule has 3 heterocycles. The molecule has 8 heteroatoms. The standard InChI is InChI=1S/C22H32N2O5S/c1-6-10-24(21(3,4)5)19(27)17-22-9-8-14(30-22)15(20(28)29-13-7-2)16(22)18(26)23(17)11-12-25/h6-7,14-17,25H,1-2,8-13H2,3-5H3/t14-,15+,16+,17?,22?/m1/s1. The van der Waals surface area contributed by atoms with Crippen LogP contribution in [0.15, 0.2) is 25.3 Å². The number of aliphatic hydroxyl groups is 1. The van der Waals surface area contributed by atoms with E-state index in [-0.39, 0.29) is 36.8 Å². The van der Waals surface area contributed by atoms with Crippen LogP contribution < -0.4 is 0 Å². The van der Waals surface area contributed by atoms with E-state index in [9.17, 15) is 19.5 Å². The van der Waals surface area contributed by atoms with Gasteiger partial charge in [-0.2, -0.15) is 0 Å². The van der Waals surface area contributed by atoms with Crippen LogP contribution in [0.5, 0.6) is 0 Å². The lowest BCUT2D eigenvalue weighted by molar-refractivity contribution is -0.153. The number of nitrogens with zero attached hydrogens (tertiary/aromatic N) is 2. The minimum atomic E-state index is -0.714. The van der Waals surface area contributed by atoms with Gasteiger partial charge in [-0.15, -0.1) is 18.3 Å². The first kappa shape index (κ1) is 22.9. The van der Waals surface area contributed by atoms with Crippen molar-refractivity contribution in [3.63, 3.8) is 0 Å². The van der Waals surface area contributed by atoms with Gasteiger partial charge in [-0.3, -0.25) is 14.4 Å². The molecule has 0 radical (unpaired) electrons. The number of amides is 2. The Kier molecular flexibility index (Phi) is 6.39. The molecular formula is C22H32N2O5S. The van der Waals surface area contributed by atoms with E-state index in [1.54, 1.807) is 22.7 Å². The third-order valence-electron chi connectivity index (χ3n) is 6.38. The van der Waals surface area contributed by atoms with E-state index in [2.05, 4.69) is 13.2 Å². The maximum atomic E-state index is 13.8. The molecule has 2 bridgehead atoms. The lowest BCUT2D eigenvalue weighted by atomic mass is 9.71. The summed E-state index contributed by atoms with van der Waals surface area (Å²) in [6.45, 7) is 13.5. The fraction of sp³-hybridized carbons (Fsp3) is 0.682. The highest BCUT2D eigenvalue weighted by molar-refractivity contribution is 8.02. The zero-order chi connectivity index (χ0) is 22.3. The number of esters is 1. The van der Waals surface area contributed by atoms with Gasteiger partial charge in [-0.05, 0) is 33.6 Å². The predicted molar refractivity (Wildman–Crippen MR) is 116 cm³/mol. The predicted octanol–water partition coefficient (Wildman–Crippen LogP) is 1.61. The molecule has 0 aromatic heterocycles. The van der Waals surface area contributed by atoms with E-state index in [1.165, 1.54) is 11.0 Å². The third-order valence-corrected chi connectivity index (χ3v) is 8.33. The number of thioether (sulfide) groups is 1. The highest BCUT2D eigenvalue weighted by Gasteiger charge is 2.74. The van der Waals surface area contributed by atoms with Gasteiger partial charge in [-0.25, -0.2) is 0 Å². The van der Waals surface area contributed by atoms with Gasteiger partial charge in [0.25, 0.3) is 0 Å². The van der Waals surface area contributed by atoms with Crippen LogP contribution in [0.1, 0.15) is 33.6 Å². The molecule has 5 atom stereocenters. The first-order valence-corrected chi connectivity index (χ1v) is 11.3. The molecule has 3 fully saturated rings. The van der Waals surface area contributed by atoms with Crippen LogP contribution in [-0.4, -0.2) is 80.6 Å². The molecule has 3 aliphatic rings. The molecule has 1 N–H and O–H groups in total. The average Bonchev–Trinajstić information content (AvgIpc) is 3.31. The highest BCUT2D eigenvalue weighted by atomic mass is 32.2. The molecule has 0 aliphatic carbocycles. The molecule has 2 amide bonds. The fourth-order valence-electron chi connectivity index (χ4n) is 5.26. The normalized spacial score (nSPS) is 32.1. The minimum absolute atomic E-state index is 0.0367. The summed E-state index contributed by atoms with van der Waals surface area (Å²) in [5, 5.41) is 9.59. The Morgan fingerprint density at radius 2 is 2.07 bits per heavy atom. The molecule has 3 rings (SSSR count). The van der Waals surface area contributed by atoms with Gasteiger partial charge in [0.1, 0.15) is 12.6 Å². The molecule has 0 aromatic rings. The molecule has 0 aromatic carbocycles. The van der Waals surface area contributed by atoms with Crippen LogP contribution in [0, 0.1) is 11.8 Å². The van der Waals surface area contributed by atoms with Crippen molar-refractivity contribution in [3.8, 4) is 0 Å². The fourth-order valence-corrected chi connectivity index (χ4v) is 7.46. The Hall–Kier alpha value is -1.80. The van der Waals surface area contributed by atoms with Gasteiger partial charge in [0.15, 0.2) is 0 Å². The monoisotopic (exact) mass is 436 g/mol. The van der Waals surface area contributed by atoms with Gasteiger partial charge >= 0.3 is 5.97 Å². The third kappa shape index (κ3) is 3.47. The molecule has 2 unspecified atom stereocenters. The summed E-state index contributed by atoms with van der Waals surface area (Å²) in [5.74, 6) is -1.96. The second-order valence-corrected chi connectivity index (χ2v) is 10.7. The minimum Gasteiger partial charge on any atom is -0.461 e. The van der Waals surface area contributed by atoms with E-state index in [0.717, 1.165) is 6.42 Å². The van der Waals surface area contributed by atoms with Crippen molar-refractivity contribution < 1.29 is 24.2 Å². The Morgan fingerprint density at radius 1 is 1.37 bits per heavy atom. The largest absolute Gasteiger partial charge is 0.461 e. The lowest BCUT2D eigenvalue weighted by Gasteiger charge is -2.42. The molecule has 3 aliphatic heterocycles. The summed E-state index contributed by atoms with van der Waals surface area (Å²) in [6, 6.07) is -0.714. The number of carbonyl (C=O) groups is 3. The number of ether oxygens (including phenoxy) is 1. The Bertz CT molecular complexity index is 748. The van der Waals surface area contributed by atoms with Crippen LogP contribution in [0.25, 0.3) is 0 Å². The van der Waals surface area contributed by atoms with Gasteiger partial charge in [-0.1, -0.05) is 18.7 Å². The van der Waals surface area contributed by atoms with Crippen LogP contribution in [0.4, 0.5) is 0 Å². The van der Waals surface area contributed by atoms with Gasteiger partial charge in [0.2, 0.25) is 11.8 Å². The number of rotatable bonds is 8. The van der Waals surface area contributed by atoms with E-state index in [4.69, 9.17) is 4.74 Å². The SMILES string of the molecule is C=CCOC(=O)[C@@H]1[C@H]2C(=O)N(CCO)C(C(=O)N(CC=C)C(C)(C)C)C23CC[C@H]1S3. The smallest absolute Gasteiger partial charge is 0.311 e. The van der Waals surface area contributed by atoms with Crippen molar-refractivity contribution in [2.75, 3.05) is 26.3 Å². The molecule has 30 heavy (non-hydrogen) atoms. The van der Waals surface area contributed by atoms with Crippen molar-refractivity contribution in [2.45, 2.75) is 55.2 Å². The van der Waals surface area contributed by atoms with Gasteiger partial charge < -0.3 is 19.6 Å². The van der Waals surface area contributed by atoms with E-state index in [1.807, 2.05) is 20.8 Å². The summed E-state index contributed by atoms with van der Waals surface area (Å²) in [5.41, 5.74) is -0.461. The van der Waals surface area contributed by atoms with Crippen molar-refractivity contribution in [1.29, 1.82) is 0 Å². The van der Waals surface area contributed by atoms with E-state index in [0.29, 0.717) is 13.0 Å². The quantitative estimate of drug-likeness (QED) is 0.460. The van der Waals surface area contributed by atoms with Crippen LogP contribution in [0.3, 0.4) is 0 Å². The zero-order valence-electron chi connectivity index (χ0n) is 18.0. The summed E-state index contributed by atoms with van der Waals surface area (Å²) in [4.78, 5) is 43.4. The van der Waals surface area contributed by atoms with Gasteiger partial charge in [0, 0.05) is 23.9 Å². The van der Waals surface area contributed by atoms with Crippen LogP contribution in [0.2, 0.25) is 0 Å². The summed E-state index contributed by atoms with van der Waals surface area (Å²) >= 11 is 1.59. The maximum absolute atomic E-state index is 13.8. The molecule has 3 saturated heterocycles. The molecule has 0 saturated carbocycles. The Labute approximate surface area is 182 Å². The topological polar surface area (TPSA) is 87.1 Å². The Balaban J connectivity index is 2.02. The molecule has 166 valence electrons. The lowest BCUT2D eigenvalue weighted by Crippen LogP contribution is -2.59. The van der Waals surface area contributed by atoms with Gasteiger partial charge in [0.05, 0.1) is 23.2 Å². The van der Waals surface area contributed by atoms with E-state index >= 15 is 0 Å². The van der Waals surface area contributed by atoms with Crippen LogP contribution in [-0.2, 0) is 19.1 Å². The highest BCUT2D eigenvalue weighted by Crippen LogP contribution is 2.66. The maximum Gasteiger partial charge on any atom is 0.311 e. The number of aliphatic hydroxyl groups excluding tert-OH is 1. The molecule has 1 spiro atoms. The van der Waals surface area contributed by atoms with E-state index < -0.39 is 34.1 Å². The second-order valence-electron chi connectivity index (χ2n) is 9.14. The molecular weight excluding hydrogens is 404 g/mol. The van der Waals surface area contributed by atoms with Crippen molar-refractivity contribution in [1.82, 2.24) is 9.80 Å². The summed E-state index contributed by atoms with van der Waals surface area (Å²) in [6.07, 6.45) is 4.63. The number of hydrogen-bond donors (Lipinski definition) is 1. The zero-order valence-corrected chi connectivity index (χ0v) is 18.8. The number of fused-ring (bicyclic) bond motifs is 1. The second kappa shape index (κ2) is 8.38. The average molecular weight is 437 g/mol. The summed E-state index contributed by atoms with van der Waals surface area (Å²) < 4.78 is 4.64. The number of β-amino-alcohol motifs (C(OH)–C–C–N with tert-alkyl or cyclic N) is 1. The van der Waals surface area contributed by atoms with Crippen molar-refractivity contribution >= 4 is 29.5 Å². The Morgan fingerprint density at radius 3 is 2.63 bits per heavy atom. The summed E-state index contributed by atoms with van der Waals surface area (Å²) in [7, 11) is 0. The van der Waals surface area contributed by atoms with Crippen molar-refractivity contribution in [2.24, 2.45) is 11.8 Å².